The van der Waals surface area contributed by atoms with Crippen molar-refractivity contribution < 1.29 is 14.7 Å². The lowest BCUT2D eigenvalue weighted by Gasteiger charge is -2.01. The molecule has 2 rings (SSSR count). The molecule has 0 aliphatic heterocycles. The van der Waals surface area contributed by atoms with Crippen LogP contribution in [0, 0.1) is 0 Å². The Balaban J connectivity index is 2.04. The van der Waals surface area contributed by atoms with E-state index in [0.29, 0.717) is 16.4 Å². The molecule has 0 radical (unpaired) electrons. The molecule has 5 nitrogen and oxygen atoms in total. The second-order valence-electron chi connectivity index (χ2n) is 3.65. The summed E-state index contributed by atoms with van der Waals surface area (Å²) in [6, 6.07) is 6.88. The fourth-order valence-corrected chi connectivity index (χ4v) is 2.33. The second kappa shape index (κ2) is 5.94. The van der Waals surface area contributed by atoms with Crippen molar-refractivity contribution >= 4 is 44.3 Å². The van der Waals surface area contributed by atoms with Crippen molar-refractivity contribution in [3.8, 4) is 0 Å². The number of thiazole rings is 1. The summed E-state index contributed by atoms with van der Waals surface area (Å²) in [5.74, 6) is -1.49. The van der Waals surface area contributed by atoms with E-state index in [9.17, 15) is 14.7 Å². The molecule has 19 heavy (non-hydrogen) atoms. The first kappa shape index (κ1) is 13.7. The predicted octanol–water partition coefficient (Wildman–Crippen LogP) is 1.45. The van der Waals surface area contributed by atoms with Gasteiger partial charge < -0.3 is 9.90 Å². The third-order valence-electron chi connectivity index (χ3n) is 2.20. The van der Waals surface area contributed by atoms with Crippen LogP contribution in [0.4, 0.5) is 5.13 Å². The number of hydrogen-bond donors (Lipinski definition) is 1. The number of halogens is 1. The smallest absolute Gasteiger partial charge is 0.257 e. The van der Waals surface area contributed by atoms with E-state index in [0.717, 1.165) is 4.47 Å². The van der Waals surface area contributed by atoms with Gasteiger partial charge in [-0.3, -0.25) is 10.1 Å². The van der Waals surface area contributed by atoms with Crippen molar-refractivity contribution in [3.05, 3.63) is 45.4 Å². The molecule has 1 aromatic carbocycles. The van der Waals surface area contributed by atoms with Crippen LogP contribution in [0.15, 0.2) is 34.1 Å². The standard InChI is InChI=1S/C12H9BrN2O3S/c13-8-3-1-7(2-4-8)11(18)15-12-14-9(6-19-12)5-10(16)17/h1-4,6H,5H2,(H,16,17)(H,14,15,18)/p-1. The summed E-state index contributed by atoms with van der Waals surface area (Å²) in [7, 11) is 0. The number of nitrogens with one attached hydrogen (secondary N) is 1. The largest absolute Gasteiger partial charge is 0.550 e. The minimum atomic E-state index is -1.20. The first-order chi connectivity index (χ1) is 9.04. The number of carboxylic acids is 1. The maximum Gasteiger partial charge on any atom is 0.257 e. The number of carbonyl (C=O) groups is 2. The maximum absolute atomic E-state index is 11.9. The lowest BCUT2D eigenvalue weighted by Crippen LogP contribution is -2.24. The number of aliphatic carboxylic acids is 1. The summed E-state index contributed by atoms with van der Waals surface area (Å²) in [5.41, 5.74) is 0.871. The first-order valence-electron chi connectivity index (χ1n) is 5.26. The minimum absolute atomic E-state index is 0.259. The Hall–Kier alpha value is -1.73. The minimum Gasteiger partial charge on any atom is -0.550 e. The molecule has 0 spiro atoms. The third-order valence-corrected chi connectivity index (χ3v) is 3.54. The average Bonchev–Trinajstić information content (AvgIpc) is 2.76. The fourth-order valence-electron chi connectivity index (χ4n) is 1.36. The highest BCUT2D eigenvalue weighted by atomic mass is 79.9. The molecule has 0 unspecified atom stereocenters. The van der Waals surface area contributed by atoms with Crippen LogP contribution in [-0.4, -0.2) is 16.9 Å². The molecule has 7 heteroatoms. The number of anilines is 1. The van der Waals surface area contributed by atoms with Crippen molar-refractivity contribution in [3.63, 3.8) is 0 Å². The molecule has 1 amide bonds. The van der Waals surface area contributed by atoms with Crippen LogP contribution in [0.1, 0.15) is 16.1 Å². The van der Waals surface area contributed by atoms with Gasteiger partial charge in [-0.25, -0.2) is 4.98 Å². The van der Waals surface area contributed by atoms with Crippen molar-refractivity contribution in [2.75, 3.05) is 5.32 Å². The molecular weight excluding hydrogens is 332 g/mol. The summed E-state index contributed by atoms with van der Waals surface area (Å²) in [5, 5.41) is 15.0. The van der Waals surface area contributed by atoms with Crippen LogP contribution in [0.25, 0.3) is 0 Å². The molecule has 0 atom stereocenters. The molecule has 1 aromatic heterocycles. The quantitative estimate of drug-likeness (QED) is 0.913. The van der Waals surface area contributed by atoms with Gasteiger partial charge in [-0.15, -0.1) is 11.3 Å². The van der Waals surface area contributed by atoms with E-state index in [2.05, 4.69) is 26.2 Å². The van der Waals surface area contributed by atoms with Crippen LogP contribution in [0.3, 0.4) is 0 Å². The van der Waals surface area contributed by atoms with Gasteiger partial charge >= 0.3 is 0 Å². The Labute approximate surface area is 121 Å². The molecule has 1 heterocycles. The topological polar surface area (TPSA) is 82.1 Å². The Kier molecular flexibility index (Phi) is 4.28. The zero-order valence-electron chi connectivity index (χ0n) is 9.55. The van der Waals surface area contributed by atoms with Gasteiger partial charge in [-0.1, -0.05) is 15.9 Å². The lowest BCUT2D eigenvalue weighted by molar-refractivity contribution is -0.304. The number of hydrogen-bond acceptors (Lipinski definition) is 5. The Morgan fingerprint density at radius 2 is 2.00 bits per heavy atom. The molecule has 1 N–H and O–H groups in total. The highest BCUT2D eigenvalue weighted by Gasteiger charge is 2.09. The maximum atomic E-state index is 11.9. The highest BCUT2D eigenvalue weighted by Crippen LogP contribution is 2.17. The number of nitrogens with zero attached hydrogens (tertiary/aromatic N) is 1. The number of aromatic nitrogens is 1. The van der Waals surface area contributed by atoms with E-state index < -0.39 is 5.97 Å². The van der Waals surface area contributed by atoms with Crippen molar-refractivity contribution in [2.24, 2.45) is 0 Å². The summed E-state index contributed by atoms with van der Waals surface area (Å²) in [6.07, 6.45) is -0.259. The van der Waals surface area contributed by atoms with Gasteiger partial charge in [0.15, 0.2) is 5.13 Å². The van der Waals surface area contributed by atoms with E-state index in [1.807, 2.05) is 0 Å². The van der Waals surface area contributed by atoms with Crippen molar-refractivity contribution in [1.82, 2.24) is 4.98 Å². The third kappa shape index (κ3) is 3.87. The Morgan fingerprint density at radius 3 is 2.63 bits per heavy atom. The van der Waals surface area contributed by atoms with Crippen LogP contribution in [0.5, 0.6) is 0 Å². The fraction of sp³-hybridized carbons (Fsp3) is 0.0833. The lowest BCUT2D eigenvalue weighted by atomic mass is 10.2. The van der Waals surface area contributed by atoms with E-state index in [1.165, 1.54) is 11.3 Å². The SMILES string of the molecule is O=C([O-])Cc1csc(NC(=O)c2ccc(Br)cc2)n1. The number of rotatable bonds is 4. The normalized spacial score (nSPS) is 10.2. The van der Waals surface area contributed by atoms with Gasteiger partial charge in [0.2, 0.25) is 0 Å². The van der Waals surface area contributed by atoms with E-state index in [1.54, 1.807) is 29.6 Å². The van der Waals surface area contributed by atoms with E-state index >= 15 is 0 Å². The van der Waals surface area contributed by atoms with Crippen LogP contribution >= 0.6 is 27.3 Å². The van der Waals surface area contributed by atoms with Gasteiger partial charge in [0.25, 0.3) is 5.91 Å². The van der Waals surface area contributed by atoms with Crippen molar-refractivity contribution in [2.45, 2.75) is 6.42 Å². The molecule has 98 valence electrons. The zero-order chi connectivity index (χ0) is 13.8. The zero-order valence-corrected chi connectivity index (χ0v) is 12.0. The number of amides is 1. The van der Waals surface area contributed by atoms with Gasteiger partial charge in [-0.05, 0) is 24.3 Å². The molecule has 0 fully saturated rings. The first-order valence-corrected chi connectivity index (χ1v) is 6.93. The van der Waals surface area contributed by atoms with E-state index in [-0.39, 0.29) is 12.3 Å². The van der Waals surface area contributed by atoms with Gasteiger partial charge in [0, 0.05) is 27.8 Å². The summed E-state index contributed by atoms with van der Waals surface area (Å²) >= 11 is 4.46. The molecular formula is C12H8BrN2O3S-. The molecule has 0 aliphatic rings. The predicted molar refractivity (Wildman–Crippen MR) is 72.9 cm³/mol. The summed E-state index contributed by atoms with van der Waals surface area (Å²) in [6.45, 7) is 0. The number of carbonyl (C=O) groups excluding carboxylic acids is 2. The van der Waals surface area contributed by atoms with Crippen LogP contribution in [-0.2, 0) is 11.2 Å². The molecule has 0 saturated carbocycles. The second-order valence-corrected chi connectivity index (χ2v) is 5.43. The van der Waals surface area contributed by atoms with Crippen LogP contribution < -0.4 is 10.4 Å². The highest BCUT2D eigenvalue weighted by molar-refractivity contribution is 9.10. The average molecular weight is 340 g/mol. The van der Waals surface area contributed by atoms with Crippen LogP contribution in [0.2, 0.25) is 0 Å². The molecule has 0 bridgehead atoms. The summed E-state index contributed by atoms with van der Waals surface area (Å²) < 4.78 is 0.884. The molecule has 0 saturated heterocycles. The molecule has 2 aromatic rings. The van der Waals surface area contributed by atoms with Gasteiger partial charge in [0.1, 0.15) is 0 Å². The molecule has 0 aliphatic carbocycles. The van der Waals surface area contributed by atoms with E-state index in [4.69, 9.17) is 0 Å². The Bertz CT molecular complexity index is 610. The van der Waals surface area contributed by atoms with Crippen molar-refractivity contribution in [1.29, 1.82) is 0 Å². The summed E-state index contributed by atoms with van der Waals surface area (Å²) in [4.78, 5) is 26.3. The Morgan fingerprint density at radius 1 is 1.32 bits per heavy atom. The number of carboxylic acid groups (broad SMARTS) is 1. The monoisotopic (exact) mass is 339 g/mol. The van der Waals surface area contributed by atoms with Gasteiger partial charge in [-0.2, -0.15) is 0 Å². The van der Waals surface area contributed by atoms with Gasteiger partial charge in [0.05, 0.1) is 5.69 Å². The number of benzene rings is 1.